The molecule has 1 fully saturated rings. The van der Waals surface area contributed by atoms with Gasteiger partial charge in [-0.1, -0.05) is 0 Å². The van der Waals surface area contributed by atoms with E-state index in [0.717, 1.165) is 6.26 Å². The second kappa shape index (κ2) is 4.04. The minimum atomic E-state index is -3.67. The molecule has 7 heteroatoms. The fourth-order valence-corrected chi connectivity index (χ4v) is 3.17. The summed E-state index contributed by atoms with van der Waals surface area (Å²) in [5.74, 6) is -1.48. The Morgan fingerprint density at radius 2 is 1.69 bits per heavy atom. The summed E-state index contributed by atoms with van der Waals surface area (Å²) >= 11 is 0. The predicted octanol–water partition coefficient (Wildman–Crippen LogP) is -0.503. The Balaban J connectivity index is 2.96. The number of hydrogen-bond donors (Lipinski definition) is 1. The van der Waals surface area contributed by atoms with Crippen molar-refractivity contribution in [3.63, 3.8) is 0 Å². The Morgan fingerprint density at radius 1 is 1.25 bits per heavy atom. The van der Waals surface area contributed by atoms with Gasteiger partial charge in [0.25, 0.3) is 0 Å². The standard InChI is InChI=1S/C9H15NO5S/c1-7(11)10-5-3-9(4-6-10,8(12)13)16(2,14)15/h3-6H2,1-2H3,(H,12,13). The molecule has 1 rings (SSSR count). The molecule has 0 aromatic rings. The largest absolute Gasteiger partial charge is 0.480 e. The summed E-state index contributed by atoms with van der Waals surface area (Å²) in [6, 6.07) is 0. The second-order valence-corrected chi connectivity index (χ2v) is 6.40. The molecule has 1 amide bonds. The van der Waals surface area contributed by atoms with Crippen molar-refractivity contribution in [2.45, 2.75) is 24.5 Å². The van der Waals surface area contributed by atoms with E-state index in [-0.39, 0.29) is 31.8 Å². The van der Waals surface area contributed by atoms with Crippen LogP contribution in [-0.2, 0) is 19.4 Å². The van der Waals surface area contributed by atoms with Crippen molar-refractivity contribution >= 4 is 21.7 Å². The van der Waals surface area contributed by atoms with Gasteiger partial charge in [-0.25, -0.2) is 8.42 Å². The fourth-order valence-electron chi connectivity index (χ4n) is 1.93. The quantitative estimate of drug-likeness (QED) is 0.712. The highest BCUT2D eigenvalue weighted by Gasteiger charge is 2.50. The highest BCUT2D eigenvalue weighted by Crippen LogP contribution is 2.30. The number of hydrogen-bond acceptors (Lipinski definition) is 4. The summed E-state index contributed by atoms with van der Waals surface area (Å²) in [6.45, 7) is 1.73. The summed E-state index contributed by atoms with van der Waals surface area (Å²) in [5.41, 5.74) is 0. The molecule has 0 aromatic heterocycles. The lowest BCUT2D eigenvalue weighted by atomic mass is 9.96. The first-order valence-corrected chi connectivity index (χ1v) is 6.78. The van der Waals surface area contributed by atoms with Gasteiger partial charge in [-0.15, -0.1) is 0 Å². The molecular formula is C9H15NO5S. The molecule has 1 aliphatic heterocycles. The van der Waals surface area contributed by atoms with Crippen molar-refractivity contribution in [3.8, 4) is 0 Å². The van der Waals surface area contributed by atoms with Crippen molar-refractivity contribution in [2.75, 3.05) is 19.3 Å². The van der Waals surface area contributed by atoms with Gasteiger partial charge in [-0.2, -0.15) is 0 Å². The maximum absolute atomic E-state index is 11.5. The van der Waals surface area contributed by atoms with Crippen LogP contribution < -0.4 is 0 Å². The number of carboxylic acid groups (broad SMARTS) is 1. The molecule has 0 aliphatic carbocycles. The van der Waals surface area contributed by atoms with E-state index in [9.17, 15) is 18.0 Å². The lowest BCUT2D eigenvalue weighted by molar-refractivity contribution is -0.143. The van der Waals surface area contributed by atoms with Crippen LogP contribution in [0.5, 0.6) is 0 Å². The molecule has 0 bridgehead atoms. The number of sulfone groups is 1. The Bertz CT molecular complexity index is 406. The number of nitrogens with zero attached hydrogens (tertiary/aromatic N) is 1. The summed E-state index contributed by atoms with van der Waals surface area (Å²) < 4.78 is 21.4. The molecule has 1 aliphatic rings. The zero-order valence-electron chi connectivity index (χ0n) is 9.26. The Morgan fingerprint density at radius 3 is 1.94 bits per heavy atom. The number of carboxylic acids is 1. The van der Waals surface area contributed by atoms with Gasteiger partial charge < -0.3 is 10.0 Å². The van der Waals surface area contributed by atoms with Crippen molar-refractivity contribution < 1.29 is 23.1 Å². The molecule has 1 heterocycles. The van der Waals surface area contributed by atoms with E-state index in [2.05, 4.69) is 0 Å². The van der Waals surface area contributed by atoms with E-state index in [1.807, 2.05) is 0 Å². The fraction of sp³-hybridized carbons (Fsp3) is 0.778. The molecule has 1 N–H and O–H groups in total. The first-order valence-electron chi connectivity index (χ1n) is 4.89. The maximum Gasteiger partial charge on any atom is 0.325 e. The third kappa shape index (κ3) is 2.04. The van der Waals surface area contributed by atoms with E-state index in [0.29, 0.717) is 0 Å². The van der Waals surface area contributed by atoms with E-state index < -0.39 is 20.6 Å². The lowest BCUT2D eigenvalue weighted by Gasteiger charge is -2.36. The highest BCUT2D eigenvalue weighted by atomic mass is 32.2. The summed E-state index contributed by atoms with van der Waals surface area (Å²) in [4.78, 5) is 23.6. The minimum Gasteiger partial charge on any atom is -0.480 e. The van der Waals surface area contributed by atoms with Crippen molar-refractivity contribution in [3.05, 3.63) is 0 Å². The van der Waals surface area contributed by atoms with Gasteiger partial charge in [0.2, 0.25) is 5.91 Å². The van der Waals surface area contributed by atoms with Crippen LogP contribution in [0.1, 0.15) is 19.8 Å². The molecule has 6 nitrogen and oxygen atoms in total. The van der Waals surface area contributed by atoms with Gasteiger partial charge in [0.15, 0.2) is 14.6 Å². The molecular weight excluding hydrogens is 234 g/mol. The molecule has 0 atom stereocenters. The van der Waals surface area contributed by atoms with Gasteiger partial charge in [-0.3, -0.25) is 9.59 Å². The topological polar surface area (TPSA) is 91.8 Å². The molecule has 1 saturated heterocycles. The summed E-state index contributed by atoms with van der Waals surface area (Å²) in [5, 5.41) is 9.07. The van der Waals surface area contributed by atoms with Crippen LogP contribution in [0.15, 0.2) is 0 Å². The van der Waals surface area contributed by atoms with Crippen LogP contribution in [0.3, 0.4) is 0 Å². The third-order valence-electron chi connectivity index (χ3n) is 3.12. The molecule has 0 spiro atoms. The first-order chi connectivity index (χ1) is 7.21. The van der Waals surface area contributed by atoms with Crippen LogP contribution in [0.4, 0.5) is 0 Å². The van der Waals surface area contributed by atoms with Crippen molar-refractivity contribution in [2.24, 2.45) is 0 Å². The Labute approximate surface area is 94.2 Å². The Kier molecular flexibility index (Phi) is 3.27. The van der Waals surface area contributed by atoms with E-state index in [1.54, 1.807) is 0 Å². The zero-order chi connectivity index (χ0) is 12.6. The van der Waals surface area contributed by atoms with Crippen LogP contribution in [-0.4, -0.2) is 54.4 Å². The monoisotopic (exact) mass is 249 g/mol. The number of likely N-dealkylation sites (tertiary alicyclic amines) is 1. The summed E-state index contributed by atoms with van der Waals surface area (Å²) in [6.07, 6.45) is 0.853. The van der Waals surface area contributed by atoms with Crippen molar-refractivity contribution in [1.82, 2.24) is 4.90 Å². The van der Waals surface area contributed by atoms with Gasteiger partial charge >= 0.3 is 5.97 Å². The van der Waals surface area contributed by atoms with E-state index in [1.165, 1.54) is 11.8 Å². The van der Waals surface area contributed by atoms with Gasteiger partial charge in [-0.05, 0) is 12.8 Å². The highest BCUT2D eigenvalue weighted by molar-refractivity contribution is 7.92. The molecule has 92 valence electrons. The van der Waals surface area contributed by atoms with E-state index >= 15 is 0 Å². The molecule has 0 radical (unpaired) electrons. The van der Waals surface area contributed by atoms with E-state index in [4.69, 9.17) is 5.11 Å². The number of rotatable bonds is 2. The van der Waals surface area contributed by atoms with Crippen LogP contribution in [0, 0.1) is 0 Å². The van der Waals surface area contributed by atoms with Gasteiger partial charge in [0, 0.05) is 26.3 Å². The number of amides is 1. The molecule has 0 aromatic carbocycles. The average Bonchev–Trinajstić information content (AvgIpc) is 2.15. The van der Waals surface area contributed by atoms with Crippen LogP contribution in [0.25, 0.3) is 0 Å². The zero-order valence-corrected chi connectivity index (χ0v) is 10.1. The normalized spacial score (nSPS) is 20.5. The first kappa shape index (κ1) is 13.0. The van der Waals surface area contributed by atoms with Crippen molar-refractivity contribution in [1.29, 1.82) is 0 Å². The maximum atomic E-state index is 11.5. The average molecular weight is 249 g/mol. The van der Waals surface area contributed by atoms with Gasteiger partial charge in [0.1, 0.15) is 0 Å². The van der Waals surface area contributed by atoms with Crippen LogP contribution >= 0.6 is 0 Å². The number of piperidine rings is 1. The van der Waals surface area contributed by atoms with Gasteiger partial charge in [0.05, 0.1) is 0 Å². The number of carbonyl (C=O) groups excluding carboxylic acids is 1. The second-order valence-electron chi connectivity index (χ2n) is 4.08. The SMILES string of the molecule is CC(=O)N1CCC(C(=O)O)(S(C)(=O)=O)CC1. The lowest BCUT2D eigenvalue weighted by Crippen LogP contribution is -2.54. The molecule has 0 saturated carbocycles. The third-order valence-corrected chi connectivity index (χ3v) is 5.12. The number of aliphatic carboxylic acids is 1. The van der Waals surface area contributed by atoms with Crippen LogP contribution in [0.2, 0.25) is 0 Å². The molecule has 0 unspecified atom stereocenters. The molecule has 16 heavy (non-hydrogen) atoms. The smallest absolute Gasteiger partial charge is 0.325 e. The summed E-state index contributed by atoms with van der Waals surface area (Å²) in [7, 11) is -3.67. The number of carbonyl (C=O) groups is 2. The predicted molar refractivity (Wildman–Crippen MR) is 56.7 cm³/mol. The minimum absolute atomic E-state index is 0.0409. The Hall–Kier alpha value is -1.11.